The number of ether oxygens (including phenoxy) is 1. The van der Waals surface area contributed by atoms with Gasteiger partial charge in [-0.1, -0.05) is 12.1 Å². The van der Waals surface area contributed by atoms with Crippen molar-refractivity contribution in [1.29, 1.82) is 0 Å². The Morgan fingerprint density at radius 3 is 2.61 bits per heavy atom. The van der Waals surface area contributed by atoms with E-state index in [2.05, 4.69) is 15.0 Å². The fourth-order valence-electron chi connectivity index (χ4n) is 2.86. The molecule has 0 aliphatic carbocycles. The molecule has 1 saturated heterocycles. The number of benzene rings is 1. The second kappa shape index (κ2) is 11.2. The van der Waals surface area contributed by atoms with Crippen LogP contribution in [0.4, 0.5) is 4.39 Å². The fraction of sp³-hybridized carbons (Fsp3) is 0.400. The van der Waals surface area contributed by atoms with Gasteiger partial charge in [-0.25, -0.2) is 4.39 Å². The summed E-state index contributed by atoms with van der Waals surface area (Å²) >= 11 is 0. The predicted molar refractivity (Wildman–Crippen MR) is 104 cm³/mol. The minimum Gasteiger partial charge on any atom is -0.503 e. The van der Waals surface area contributed by atoms with Crippen molar-refractivity contribution in [3.05, 3.63) is 63.8 Å². The first kappa shape index (κ1) is 21.6. The van der Waals surface area contributed by atoms with E-state index in [1.54, 1.807) is 31.3 Å². The number of hydrogen-bond acceptors (Lipinski definition) is 6. The lowest BCUT2D eigenvalue weighted by Crippen LogP contribution is -2.43. The van der Waals surface area contributed by atoms with Crippen LogP contribution < -0.4 is 10.9 Å². The zero-order valence-corrected chi connectivity index (χ0v) is 15.9. The van der Waals surface area contributed by atoms with Crippen LogP contribution in [0, 0.1) is 5.82 Å². The third-order valence-electron chi connectivity index (χ3n) is 4.30. The summed E-state index contributed by atoms with van der Waals surface area (Å²) in [6.45, 7) is 7.08. The number of hydrogen-bond donors (Lipinski definition) is 2. The van der Waals surface area contributed by atoms with Gasteiger partial charge >= 0.3 is 0 Å². The zero-order valence-electron chi connectivity index (χ0n) is 15.9. The summed E-state index contributed by atoms with van der Waals surface area (Å²) in [5.74, 6) is -0.558. The summed E-state index contributed by atoms with van der Waals surface area (Å²) in [6.07, 6.45) is 1.66. The molecule has 3 rings (SSSR count). The number of halogens is 1. The highest BCUT2D eigenvalue weighted by Gasteiger charge is 2.15. The van der Waals surface area contributed by atoms with Gasteiger partial charge < -0.3 is 19.7 Å². The molecule has 2 heterocycles. The fourth-order valence-corrected chi connectivity index (χ4v) is 2.86. The molecule has 1 aliphatic heterocycles. The SMILES string of the molecule is CCOC=O.O=c1c(O)c(CN2CCNCC2)ccn1Cc1cccc(F)c1. The van der Waals surface area contributed by atoms with Gasteiger partial charge in [-0.15, -0.1) is 0 Å². The van der Waals surface area contributed by atoms with Crippen molar-refractivity contribution in [3.8, 4) is 5.75 Å². The molecule has 0 bridgehead atoms. The Balaban J connectivity index is 0.000000500. The van der Waals surface area contributed by atoms with E-state index in [4.69, 9.17) is 0 Å². The molecule has 0 unspecified atom stereocenters. The molecule has 152 valence electrons. The smallest absolute Gasteiger partial charge is 0.293 e. The van der Waals surface area contributed by atoms with Crippen LogP contribution in [-0.2, 0) is 22.6 Å². The highest BCUT2D eigenvalue weighted by atomic mass is 19.1. The Labute approximate surface area is 163 Å². The molecule has 2 aromatic rings. The van der Waals surface area contributed by atoms with E-state index < -0.39 is 5.56 Å². The average Bonchev–Trinajstić information content (AvgIpc) is 2.70. The lowest BCUT2D eigenvalue weighted by Gasteiger charge is -2.27. The summed E-state index contributed by atoms with van der Waals surface area (Å²) in [5, 5.41) is 13.5. The number of aromatic nitrogens is 1. The first-order valence-electron chi connectivity index (χ1n) is 9.19. The van der Waals surface area contributed by atoms with Gasteiger partial charge in [0.15, 0.2) is 5.75 Å². The van der Waals surface area contributed by atoms with Gasteiger partial charge in [-0.3, -0.25) is 14.5 Å². The Morgan fingerprint density at radius 2 is 2.00 bits per heavy atom. The molecule has 28 heavy (non-hydrogen) atoms. The van der Waals surface area contributed by atoms with Gasteiger partial charge in [0.2, 0.25) is 0 Å². The van der Waals surface area contributed by atoms with Gasteiger partial charge in [0.1, 0.15) is 5.82 Å². The van der Waals surface area contributed by atoms with E-state index in [1.807, 2.05) is 0 Å². The van der Waals surface area contributed by atoms with Crippen LogP contribution in [0.25, 0.3) is 0 Å². The highest BCUT2D eigenvalue weighted by molar-refractivity contribution is 5.36. The van der Waals surface area contributed by atoms with Crippen LogP contribution in [0.5, 0.6) is 5.75 Å². The Hall–Kier alpha value is -2.71. The molecule has 1 aliphatic rings. The van der Waals surface area contributed by atoms with Gasteiger partial charge in [-0.2, -0.15) is 0 Å². The third-order valence-corrected chi connectivity index (χ3v) is 4.30. The molecule has 7 nitrogen and oxygen atoms in total. The maximum absolute atomic E-state index is 13.2. The Bertz CT molecular complexity index is 819. The summed E-state index contributed by atoms with van der Waals surface area (Å²) in [6, 6.07) is 7.87. The topological polar surface area (TPSA) is 83.8 Å². The van der Waals surface area contributed by atoms with E-state index in [0.717, 1.165) is 26.2 Å². The van der Waals surface area contributed by atoms with Crippen LogP contribution in [-0.4, -0.2) is 53.8 Å². The van der Waals surface area contributed by atoms with Gasteiger partial charge in [-0.05, 0) is 30.7 Å². The Kier molecular flexibility index (Phi) is 8.64. The largest absolute Gasteiger partial charge is 0.503 e. The molecular formula is C20H26FN3O4. The van der Waals surface area contributed by atoms with E-state index in [0.29, 0.717) is 30.8 Å². The number of rotatable bonds is 6. The third kappa shape index (κ3) is 6.47. The van der Waals surface area contributed by atoms with E-state index in [9.17, 15) is 19.1 Å². The Morgan fingerprint density at radius 1 is 1.25 bits per heavy atom. The van der Waals surface area contributed by atoms with E-state index in [-0.39, 0.29) is 18.1 Å². The molecule has 0 spiro atoms. The quantitative estimate of drug-likeness (QED) is 0.723. The number of carbonyl (C=O) groups excluding carboxylic acids is 1. The molecule has 0 atom stereocenters. The molecule has 1 fully saturated rings. The average molecular weight is 391 g/mol. The highest BCUT2D eigenvalue weighted by Crippen LogP contribution is 2.15. The van der Waals surface area contributed by atoms with Crippen LogP contribution >= 0.6 is 0 Å². The molecule has 0 amide bonds. The number of aromatic hydroxyl groups is 1. The van der Waals surface area contributed by atoms with Gasteiger partial charge in [0.25, 0.3) is 12.0 Å². The van der Waals surface area contributed by atoms with Crippen molar-refractivity contribution in [2.75, 3.05) is 32.8 Å². The predicted octanol–water partition coefficient (Wildman–Crippen LogP) is 1.33. The van der Waals surface area contributed by atoms with Crippen molar-refractivity contribution < 1.29 is 19.0 Å². The van der Waals surface area contributed by atoms with Crippen LogP contribution in [0.15, 0.2) is 41.3 Å². The van der Waals surface area contributed by atoms with Gasteiger partial charge in [0, 0.05) is 44.5 Å². The molecule has 0 radical (unpaired) electrons. The zero-order chi connectivity index (χ0) is 20.4. The minimum atomic E-state index is -0.443. The standard InChI is InChI=1S/C17H20FN3O2.C3H6O2/c18-15-3-1-2-13(10-15)11-21-7-4-14(16(22)17(21)23)12-20-8-5-19-6-9-20;1-2-5-3-4/h1-4,7,10,19,22H,5-6,8-9,11-12H2;3H,2H2,1H3. The monoisotopic (exact) mass is 391 g/mol. The lowest BCUT2D eigenvalue weighted by atomic mass is 10.2. The van der Waals surface area contributed by atoms with E-state index >= 15 is 0 Å². The summed E-state index contributed by atoms with van der Waals surface area (Å²) in [5.41, 5.74) is 0.871. The maximum Gasteiger partial charge on any atom is 0.293 e. The maximum atomic E-state index is 13.2. The molecule has 2 N–H and O–H groups in total. The second-order valence-electron chi connectivity index (χ2n) is 6.33. The van der Waals surface area contributed by atoms with Gasteiger partial charge in [0.05, 0.1) is 13.2 Å². The normalized spacial score (nSPS) is 14.1. The number of carbonyl (C=O) groups is 1. The molecular weight excluding hydrogens is 365 g/mol. The number of nitrogens with one attached hydrogen (secondary N) is 1. The minimum absolute atomic E-state index is 0.220. The molecule has 1 aromatic heterocycles. The summed E-state index contributed by atoms with van der Waals surface area (Å²) in [4.78, 5) is 23.7. The second-order valence-corrected chi connectivity index (χ2v) is 6.33. The molecule has 0 saturated carbocycles. The number of piperazine rings is 1. The molecule has 8 heteroatoms. The van der Waals surface area contributed by atoms with Crippen molar-refractivity contribution in [2.45, 2.75) is 20.0 Å². The van der Waals surface area contributed by atoms with E-state index in [1.165, 1.54) is 16.7 Å². The van der Waals surface area contributed by atoms with Crippen molar-refractivity contribution >= 4 is 6.47 Å². The van der Waals surface area contributed by atoms with Crippen molar-refractivity contribution in [1.82, 2.24) is 14.8 Å². The van der Waals surface area contributed by atoms with Crippen LogP contribution in [0.2, 0.25) is 0 Å². The number of nitrogens with zero attached hydrogens (tertiary/aromatic N) is 2. The summed E-state index contributed by atoms with van der Waals surface area (Å²) in [7, 11) is 0. The van der Waals surface area contributed by atoms with Crippen LogP contribution in [0.1, 0.15) is 18.1 Å². The molecule has 1 aromatic carbocycles. The van der Waals surface area contributed by atoms with Crippen molar-refractivity contribution in [3.63, 3.8) is 0 Å². The lowest BCUT2D eigenvalue weighted by molar-refractivity contribution is -0.128. The van der Waals surface area contributed by atoms with Crippen LogP contribution in [0.3, 0.4) is 0 Å². The number of pyridine rings is 1. The summed E-state index contributed by atoms with van der Waals surface area (Å²) < 4.78 is 18.8. The first-order chi connectivity index (χ1) is 13.5. The van der Waals surface area contributed by atoms with Crippen molar-refractivity contribution in [2.24, 2.45) is 0 Å². The first-order valence-corrected chi connectivity index (χ1v) is 9.19.